The van der Waals surface area contributed by atoms with E-state index in [0.29, 0.717) is 18.8 Å². The van der Waals surface area contributed by atoms with E-state index in [9.17, 15) is 4.79 Å². The average Bonchev–Trinajstić information content (AvgIpc) is 2.97. The van der Waals surface area contributed by atoms with Gasteiger partial charge in [-0.3, -0.25) is 4.79 Å². The van der Waals surface area contributed by atoms with Crippen molar-refractivity contribution in [1.29, 1.82) is 0 Å². The van der Waals surface area contributed by atoms with Crippen LogP contribution in [0.1, 0.15) is 40.0 Å². The predicted octanol–water partition coefficient (Wildman–Crippen LogP) is 2.96. The van der Waals surface area contributed by atoms with Gasteiger partial charge in [0.1, 0.15) is 10.7 Å². The summed E-state index contributed by atoms with van der Waals surface area (Å²) in [6.07, 6.45) is 0.922. The Morgan fingerprint density at radius 3 is 2.62 bits per heavy atom. The molecule has 112 valence electrons. The molecule has 21 heavy (non-hydrogen) atoms. The Hall–Kier alpha value is -1.72. The summed E-state index contributed by atoms with van der Waals surface area (Å²) >= 11 is 1.44. The predicted molar refractivity (Wildman–Crippen MR) is 86.2 cm³/mol. The number of aryl methyl sites for hydroxylation is 1. The van der Waals surface area contributed by atoms with Gasteiger partial charge in [-0.25, -0.2) is 4.98 Å². The largest absolute Gasteiger partial charge is 0.333 e. The lowest BCUT2D eigenvalue weighted by atomic mass is 10.1. The van der Waals surface area contributed by atoms with Crippen LogP contribution in [0.25, 0.3) is 0 Å². The first-order valence-corrected chi connectivity index (χ1v) is 8.01. The van der Waals surface area contributed by atoms with Gasteiger partial charge in [0.15, 0.2) is 0 Å². The number of hydrogen-bond donors (Lipinski definition) is 1. The maximum Gasteiger partial charge on any atom is 0.273 e. The molecule has 4 nitrogen and oxygen atoms in total. The van der Waals surface area contributed by atoms with Crippen molar-refractivity contribution in [2.75, 3.05) is 6.54 Å². The standard InChI is InChI=1S/C16H21N3OS/c1-3-8-19(10-13-6-4-12(2)5-7-13)16(20)14-11-21-15(9-17)18-14/h4-7,11H,3,8-10,17H2,1-2H3. The number of amides is 1. The van der Waals surface area contributed by atoms with Crippen LogP contribution in [0, 0.1) is 6.92 Å². The van der Waals surface area contributed by atoms with Gasteiger partial charge in [-0.15, -0.1) is 11.3 Å². The van der Waals surface area contributed by atoms with Crippen LogP contribution in [0.3, 0.4) is 0 Å². The summed E-state index contributed by atoms with van der Waals surface area (Å²) in [6.45, 7) is 5.85. The van der Waals surface area contributed by atoms with E-state index in [4.69, 9.17) is 5.73 Å². The molecule has 0 aliphatic carbocycles. The van der Waals surface area contributed by atoms with E-state index in [-0.39, 0.29) is 5.91 Å². The second-order valence-electron chi connectivity index (χ2n) is 5.04. The molecule has 0 bridgehead atoms. The molecule has 2 aromatic rings. The van der Waals surface area contributed by atoms with Crippen LogP contribution in [0.2, 0.25) is 0 Å². The summed E-state index contributed by atoms with van der Waals surface area (Å²) in [4.78, 5) is 18.7. The molecule has 1 aromatic carbocycles. The van der Waals surface area contributed by atoms with Gasteiger partial charge in [-0.1, -0.05) is 36.8 Å². The number of nitrogens with two attached hydrogens (primary N) is 1. The highest BCUT2D eigenvalue weighted by Crippen LogP contribution is 2.14. The molecule has 1 heterocycles. The Morgan fingerprint density at radius 2 is 2.05 bits per heavy atom. The van der Waals surface area contributed by atoms with E-state index in [1.54, 1.807) is 5.38 Å². The van der Waals surface area contributed by atoms with Crippen LogP contribution in [0.4, 0.5) is 0 Å². The van der Waals surface area contributed by atoms with Gasteiger partial charge in [-0.05, 0) is 18.9 Å². The molecule has 2 N–H and O–H groups in total. The number of nitrogens with zero attached hydrogens (tertiary/aromatic N) is 2. The average molecular weight is 303 g/mol. The highest BCUT2D eigenvalue weighted by atomic mass is 32.1. The summed E-state index contributed by atoms with van der Waals surface area (Å²) in [7, 11) is 0. The fraction of sp³-hybridized carbons (Fsp3) is 0.375. The van der Waals surface area contributed by atoms with Crippen LogP contribution < -0.4 is 5.73 Å². The molecule has 1 amide bonds. The van der Waals surface area contributed by atoms with Gasteiger partial charge in [0, 0.05) is 25.0 Å². The Morgan fingerprint density at radius 1 is 1.33 bits per heavy atom. The number of benzene rings is 1. The molecular formula is C16H21N3OS. The van der Waals surface area contributed by atoms with Crippen molar-refractivity contribution in [3.05, 3.63) is 51.5 Å². The van der Waals surface area contributed by atoms with Crippen molar-refractivity contribution in [2.45, 2.75) is 33.4 Å². The Balaban J connectivity index is 2.13. The topological polar surface area (TPSA) is 59.2 Å². The minimum Gasteiger partial charge on any atom is -0.333 e. The molecule has 0 radical (unpaired) electrons. The number of aromatic nitrogens is 1. The van der Waals surface area contributed by atoms with Crippen molar-refractivity contribution in [2.24, 2.45) is 5.73 Å². The first-order valence-electron chi connectivity index (χ1n) is 7.13. The summed E-state index contributed by atoms with van der Waals surface area (Å²) in [5.74, 6) is -0.0200. The van der Waals surface area contributed by atoms with Crippen LogP contribution in [0.5, 0.6) is 0 Å². The van der Waals surface area contributed by atoms with E-state index < -0.39 is 0 Å². The van der Waals surface area contributed by atoms with Crippen LogP contribution in [0.15, 0.2) is 29.6 Å². The molecule has 0 unspecified atom stereocenters. The van der Waals surface area contributed by atoms with Gasteiger partial charge in [-0.2, -0.15) is 0 Å². The zero-order chi connectivity index (χ0) is 15.2. The quantitative estimate of drug-likeness (QED) is 0.892. The number of carbonyl (C=O) groups excluding carboxylic acids is 1. The van der Waals surface area contributed by atoms with E-state index in [1.165, 1.54) is 16.9 Å². The van der Waals surface area contributed by atoms with Gasteiger partial charge >= 0.3 is 0 Å². The maximum absolute atomic E-state index is 12.6. The molecule has 1 aromatic heterocycles. The second-order valence-corrected chi connectivity index (χ2v) is 5.99. The van der Waals surface area contributed by atoms with Crippen LogP contribution in [-0.2, 0) is 13.1 Å². The van der Waals surface area contributed by atoms with Gasteiger partial charge in [0.2, 0.25) is 0 Å². The lowest BCUT2D eigenvalue weighted by molar-refractivity contribution is 0.0738. The summed E-state index contributed by atoms with van der Waals surface area (Å²) in [6, 6.07) is 8.27. The molecule has 0 aliphatic heterocycles. The van der Waals surface area contributed by atoms with Crippen molar-refractivity contribution in [1.82, 2.24) is 9.88 Å². The smallest absolute Gasteiger partial charge is 0.273 e. The van der Waals surface area contributed by atoms with E-state index >= 15 is 0 Å². The van der Waals surface area contributed by atoms with Crippen LogP contribution in [-0.4, -0.2) is 22.3 Å². The Bertz CT molecular complexity index is 592. The minimum atomic E-state index is -0.0200. The molecular weight excluding hydrogens is 282 g/mol. The zero-order valence-electron chi connectivity index (χ0n) is 12.5. The summed E-state index contributed by atoms with van der Waals surface area (Å²) in [5.41, 5.74) is 8.42. The normalized spacial score (nSPS) is 10.6. The van der Waals surface area contributed by atoms with Crippen LogP contribution >= 0.6 is 11.3 Å². The summed E-state index contributed by atoms with van der Waals surface area (Å²) < 4.78 is 0. The highest BCUT2D eigenvalue weighted by Gasteiger charge is 2.18. The van der Waals surface area contributed by atoms with Crippen molar-refractivity contribution in [3.8, 4) is 0 Å². The summed E-state index contributed by atoms with van der Waals surface area (Å²) in [5, 5.41) is 2.59. The number of thiazole rings is 1. The lowest BCUT2D eigenvalue weighted by Crippen LogP contribution is -2.31. The Labute approximate surface area is 129 Å². The Kier molecular flexibility index (Phi) is 5.47. The zero-order valence-corrected chi connectivity index (χ0v) is 13.3. The SMILES string of the molecule is CCCN(Cc1ccc(C)cc1)C(=O)c1csc(CN)n1. The highest BCUT2D eigenvalue weighted by molar-refractivity contribution is 7.09. The lowest BCUT2D eigenvalue weighted by Gasteiger charge is -2.21. The molecule has 5 heteroatoms. The first kappa shape index (κ1) is 15.7. The van der Waals surface area contributed by atoms with Gasteiger partial charge < -0.3 is 10.6 Å². The third-order valence-electron chi connectivity index (χ3n) is 3.22. The third-order valence-corrected chi connectivity index (χ3v) is 4.09. The molecule has 0 aliphatic rings. The molecule has 0 saturated carbocycles. The third kappa shape index (κ3) is 4.12. The van der Waals surface area contributed by atoms with Crippen molar-refractivity contribution >= 4 is 17.2 Å². The van der Waals surface area contributed by atoms with Gasteiger partial charge in [0.05, 0.1) is 0 Å². The monoisotopic (exact) mass is 303 g/mol. The van der Waals surface area contributed by atoms with E-state index in [2.05, 4.69) is 43.1 Å². The molecule has 0 fully saturated rings. The van der Waals surface area contributed by atoms with E-state index in [0.717, 1.165) is 23.5 Å². The molecule has 0 spiro atoms. The first-order chi connectivity index (χ1) is 10.1. The molecule has 0 atom stereocenters. The van der Waals surface area contributed by atoms with Gasteiger partial charge in [0.25, 0.3) is 5.91 Å². The number of rotatable bonds is 6. The molecule has 2 rings (SSSR count). The van der Waals surface area contributed by atoms with Crippen molar-refractivity contribution in [3.63, 3.8) is 0 Å². The maximum atomic E-state index is 12.6. The van der Waals surface area contributed by atoms with Crippen molar-refractivity contribution < 1.29 is 4.79 Å². The van der Waals surface area contributed by atoms with E-state index in [1.807, 2.05) is 4.90 Å². The fourth-order valence-corrected chi connectivity index (χ4v) is 2.75. The second kappa shape index (κ2) is 7.33. The number of carbonyl (C=O) groups is 1. The fourth-order valence-electron chi connectivity index (χ4n) is 2.10. The minimum absolute atomic E-state index is 0.0200. The number of hydrogen-bond acceptors (Lipinski definition) is 4. The molecule has 0 saturated heterocycles.